The molecule has 0 N–H and O–H groups in total. The fourth-order valence-corrected chi connectivity index (χ4v) is 9.31. The van der Waals surface area contributed by atoms with E-state index < -0.39 is 0 Å². The van der Waals surface area contributed by atoms with Crippen LogP contribution in [-0.2, 0) is 31.9 Å². The van der Waals surface area contributed by atoms with Crippen molar-refractivity contribution >= 4 is 44.6 Å². The van der Waals surface area contributed by atoms with E-state index in [0.717, 1.165) is 72.6 Å². The largest absolute Gasteiger partial charge is 0.509 e. The first kappa shape index (κ1) is 47.6. The third kappa shape index (κ3) is 9.12. The van der Waals surface area contributed by atoms with Crippen LogP contribution in [0, 0.1) is 24.6 Å². The summed E-state index contributed by atoms with van der Waals surface area (Å²) < 4.78 is 23.5. The van der Waals surface area contributed by atoms with E-state index in [1.165, 1.54) is 22.3 Å². The first-order chi connectivity index (χ1) is 32.5. The summed E-state index contributed by atoms with van der Waals surface area (Å²) in [7, 11) is 0. The Bertz CT molecular complexity index is 3330. The molecule has 352 valence electrons. The predicted molar refractivity (Wildman–Crippen MR) is 281 cm³/mol. The van der Waals surface area contributed by atoms with Crippen molar-refractivity contribution in [3.05, 3.63) is 199 Å². The van der Waals surface area contributed by atoms with Crippen LogP contribution in [0.5, 0.6) is 11.5 Å². The summed E-state index contributed by atoms with van der Waals surface area (Å²) in [6.07, 6.45) is 1.89. The normalized spacial score (nSPS) is 12.9. The quantitative estimate of drug-likeness (QED) is 0.135. The van der Waals surface area contributed by atoms with Gasteiger partial charge in [-0.2, -0.15) is 12.1 Å². The molecule has 7 aromatic carbocycles. The zero-order valence-corrected chi connectivity index (χ0v) is 43.3. The zero-order chi connectivity index (χ0) is 47.6. The molecule has 0 saturated heterocycles. The molecular weight excluding hydrogens is 1030 g/mol. The standard InChI is InChI=1S/C62H58FN4O.Pt/c1-39(2)42-30-43(40(3)4)32-44(31-42)54-34-46(62(8,9)10)33-53(41-22-24-47(63)25-23-41)60(54)66-38-65(56-20-13-14-21-57(56)66)48-16-15-17-49(36-48)68-50-26-27-52-51-18-11-12-19-55(51)67(58(52)37-50)59-35-45(28-29-64-59)61(5,6)7;/h11-35,38-40H,1-10H3;/q-3;. The van der Waals surface area contributed by atoms with E-state index >= 15 is 0 Å². The average Bonchev–Trinajstić information content (AvgIpc) is 3.87. The summed E-state index contributed by atoms with van der Waals surface area (Å²) in [5.41, 5.74) is 14.8. The second-order valence-corrected chi connectivity index (χ2v) is 20.8. The molecule has 0 amide bonds. The molecule has 0 fully saturated rings. The topological polar surface area (TPSA) is 33.5 Å². The number of fused-ring (bicyclic) bond motifs is 4. The monoisotopic (exact) mass is 1090 g/mol. The molecule has 9 aromatic rings. The van der Waals surface area contributed by atoms with E-state index in [4.69, 9.17) is 9.72 Å². The van der Waals surface area contributed by atoms with Crippen molar-refractivity contribution in [2.24, 2.45) is 0 Å². The second kappa shape index (κ2) is 18.4. The van der Waals surface area contributed by atoms with Crippen LogP contribution < -0.4 is 14.5 Å². The van der Waals surface area contributed by atoms with Crippen LogP contribution in [0.4, 0.5) is 27.1 Å². The molecule has 10 rings (SSSR count). The number of aromatic nitrogens is 2. The molecule has 0 radical (unpaired) electrons. The predicted octanol–water partition coefficient (Wildman–Crippen LogP) is 17.3. The molecule has 5 nitrogen and oxygen atoms in total. The SMILES string of the molecule is CC(C)c1cc(-c2cc(C(C)(C)C)cc(-c3ccc(F)cc3)c2N2[CH-]N(c3[c-]c(Oc4[c-]c5c(cc4)c4ccccc4n5-c4cc(C(C)(C)C)ccn4)ccc3)c3ccccc32)cc(C(C)C)c1.[Pt]. The van der Waals surface area contributed by atoms with Crippen molar-refractivity contribution in [3.63, 3.8) is 0 Å². The molecule has 0 bridgehead atoms. The Labute approximate surface area is 421 Å². The first-order valence-electron chi connectivity index (χ1n) is 23.8. The number of pyridine rings is 1. The van der Waals surface area contributed by atoms with Gasteiger partial charge in [0.05, 0.1) is 0 Å². The van der Waals surface area contributed by atoms with Crippen molar-refractivity contribution in [3.8, 4) is 39.6 Å². The minimum atomic E-state index is -0.265. The van der Waals surface area contributed by atoms with Crippen LogP contribution >= 0.6 is 0 Å². The van der Waals surface area contributed by atoms with Gasteiger partial charge < -0.3 is 19.1 Å². The van der Waals surface area contributed by atoms with Crippen molar-refractivity contribution in [1.82, 2.24) is 9.55 Å². The Morgan fingerprint density at radius 2 is 1.20 bits per heavy atom. The van der Waals surface area contributed by atoms with E-state index in [-0.39, 0.29) is 37.7 Å². The fraction of sp³-hybridized carbons (Fsp3) is 0.226. The third-order valence-corrected chi connectivity index (χ3v) is 13.3. The molecule has 0 spiro atoms. The van der Waals surface area contributed by atoms with E-state index in [1.54, 1.807) is 12.1 Å². The zero-order valence-electron chi connectivity index (χ0n) is 41.1. The van der Waals surface area contributed by atoms with Crippen LogP contribution in [-0.4, -0.2) is 9.55 Å². The van der Waals surface area contributed by atoms with Gasteiger partial charge in [-0.1, -0.05) is 135 Å². The van der Waals surface area contributed by atoms with E-state index in [9.17, 15) is 4.39 Å². The van der Waals surface area contributed by atoms with E-state index in [0.29, 0.717) is 23.3 Å². The summed E-state index contributed by atoms with van der Waals surface area (Å²) in [5, 5.41) is 2.20. The minimum absolute atomic E-state index is 0. The van der Waals surface area contributed by atoms with Gasteiger partial charge in [0.2, 0.25) is 0 Å². The molecule has 7 heteroatoms. The second-order valence-electron chi connectivity index (χ2n) is 20.8. The molecule has 0 unspecified atom stereocenters. The van der Waals surface area contributed by atoms with Crippen molar-refractivity contribution in [2.75, 3.05) is 9.80 Å². The van der Waals surface area contributed by atoms with Crippen molar-refractivity contribution in [1.29, 1.82) is 0 Å². The Morgan fingerprint density at radius 3 is 1.87 bits per heavy atom. The number of anilines is 4. The maximum atomic E-state index is 14.7. The van der Waals surface area contributed by atoms with Gasteiger partial charge in [0.1, 0.15) is 11.6 Å². The van der Waals surface area contributed by atoms with Gasteiger partial charge in [-0.05, 0) is 116 Å². The molecule has 1 aliphatic rings. The van der Waals surface area contributed by atoms with E-state index in [2.05, 4.69) is 206 Å². The number of para-hydroxylation sites is 3. The summed E-state index contributed by atoms with van der Waals surface area (Å²) in [4.78, 5) is 9.35. The van der Waals surface area contributed by atoms with Gasteiger partial charge in [-0.25, -0.2) is 9.37 Å². The van der Waals surface area contributed by atoms with Crippen LogP contribution in [0.1, 0.15) is 103 Å². The fourth-order valence-electron chi connectivity index (χ4n) is 9.31. The smallest absolute Gasteiger partial charge is 0.135 e. The number of hydrogen-bond donors (Lipinski definition) is 0. The number of halogens is 1. The minimum Gasteiger partial charge on any atom is -0.509 e. The Hall–Kier alpha value is -6.49. The third-order valence-electron chi connectivity index (χ3n) is 13.3. The molecule has 0 saturated carbocycles. The van der Waals surface area contributed by atoms with Gasteiger partial charge in [0.25, 0.3) is 0 Å². The number of benzene rings is 7. The van der Waals surface area contributed by atoms with Gasteiger partial charge in [0, 0.05) is 72.5 Å². The van der Waals surface area contributed by atoms with Crippen LogP contribution in [0.3, 0.4) is 0 Å². The summed E-state index contributed by atoms with van der Waals surface area (Å²) >= 11 is 0. The van der Waals surface area contributed by atoms with Crippen molar-refractivity contribution < 1.29 is 30.2 Å². The number of nitrogens with zero attached hydrogens (tertiary/aromatic N) is 4. The van der Waals surface area contributed by atoms with Crippen LogP contribution in [0.2, 0.25) is 0 Å². The number of ether oxygens (including phenoxy) is 1. The number of hydrogen-bond acceptors (Lipinski definition) is 4. The van der Waals surface area contributed by atoms with Crippen LogP contribution in [0.15, 0.2) is 152 Å². The summed E-state index contributed by atoms with van der Waals surface area (Å²) in [6, 6.07) is 57.2. The van der Waals surface area contributed by atoms with E-state index in [1.807, 2.05) is 36.5 Å². The molecule has 69 heavy (non-hydrogen) atoms. The van der Waals surface area contributed by atoms with Gasteiger partial charge in [-0.3, -0.25) is 0 Å². The maximum absolute atomic E-state index is 14.7. The molecule has 2 aromatic heterocycles. The Kier molecular flexibility index (Phi) is 12.7. The first-order valence-corrected chi connectivity index (χ1v) is 23.8. The molecule has 0 atom stereocenters. The number of rotatable bonds is 9. The van der Waals surface area contributed by atoms with Gasteiger partial charge >= 0.3 is 0 Å². The van der Waals surface area contributed by atoms with Crippen LogP contribution in [0.25, 0.3) is 49.9 Å². The van der Waals surface area contributed by atoms with Gasteiger partial charge in [0.15, 0.2) is 0 Å². The molecule has 1 aliphatic heterocycles. The summed E-state index contributed by atoms with van der Waals surface area (Å²) in [6.45, 7) is 24.6. The summed E-state index contributed by atoms with van der Waals surface area (Å²) in [5.74, 6) is 2.39. The Balaban J connectivity index is 0.00000593. The molecule has 3 heterocycles. The molecular formula is C62H58FN4OPt-3. The molecule has 0 aliphatic carbocycles. The average molecular weight is 1090 g/mol. The maximum Gasteiger partial charge on any atom is 0.135 e. The Morgan fingerprint density at radius 1 is 0.580 bits per heavy atom. The van der Waals surface area contributed by atoms with Crippen molar-refractivity contribution in [2.45, 2.75) is 91.9 Å². The van der Waals surface area contributed by atoms with Gasteiger partial charge in [-0.15, -0.1) is 48.1 Å².